The highest BCUT2D eigenvalue weighted by Gasteiger charge is 2.59. The molecule has 4 aromatic carbocycles. The molecule has 1 fully saturated rings. The molecule has 2 bridgehead atoms. The fourth-order valence-electron chi connectivity index (χ4n) is 7.96. The summed E-state index contributed by atoms with van der Waals surface area (Å²) in [7, 11) is 5.15. The summed E-state index contributed by atoms with van der Waals surface area (Å²) in [6.07, 6.45) is 2.39. The molecule has 0 unspecified atom stereocenters. The van der Waals surface area contributed by atoms with E-state index in [0.717, 1.165) is 38.6 Å². The normalized spacial score (nSPS) is 24.8. The Morgan fingerprint density at radius 1 is 0.942 bits per heavy atom. The van der Waals surface area contributed by atoms with E-state index in [0.29, 0.717) is 36.9 Å². The number of rotatable bonds is 10. The van der Waals surface area contributed by atoms with E-state index in [1.165, 1.54) is 0 Å². The first kappa shape index (κ1) is 35.8. The van der Waals surface area contributed by atoms with Gasteiger partial charge in [-0.1, -0.05) is 66.7 Å². The van der Waals surface area contributed by atoms with Gasteiger partial charge in [0, 0.05) is 30.0 Å². The van der Waals surface area contributed by atoms with Gasteiger partial charge in [0.05, 0.1) is 44.5 Å². The third-order valence-corrected chi connectivity index (χ3v) is 10.2. The summed E-state index contributed by atoms with van der Waals surface area (Å²) in [5, 5.41) is 1.69. The number of hydrogen-bond donors (Lipinski definition) is 0. The molecule has 274 valence electrons. The van der Waals surface area contributed by atoms with Crippen molar-refractivity contribution in [1.82, 2.24) is 4.90 Å². The molecule has 0 radical (unpaired) electrons. The van der Waals surface area contributed by atoms with Crippen LogP contribution in [0.15, 0.2) is 84.9 Å². The van der Waals surface area contributed by atoms with Crippen LogP contribution in [-0.2, 0) is 37.8 Å². The first-order valence-electron chi connectivity index (χ1n) is 18.0. The van der Waals surface area contributed by atoms with Crippen molar-refractivity contribution in [2.24, 2.45) is 0 Å². The molecule has 0 N–H and O–H groups in total. The number of hydrogen-bond acceptors (Lipinski definition) is 8. The molecule has 9 nitrogen and oxygen atoms in total. The molecule has 6 atom stereocenters. The molecule has 52 heavy (non-hydrogen) atoms. The minimum Gasteiger partial charge on any atom is -0.496 e. The van der Waals surface area contributed by atoms with Gasteiger partial charge in [0.25, 0.3) is 0 Å². The van der Waals surface area contributed by atoms with E-state index in [9.17, 15) is 4.79 Å². The van der Waals surface area contributed by atoms with Crippen LogP contribution in [0.4, 0.5) is 4.79 Å². The van der Waals surface area contributed by atoms with Crippen molar-refractivity contribution in [3.8, 4) is 17.2 Å². The van der Waals surface area contributed by atoms with E-state index in [-0.39, 0.29) is 0 Å². The molecule has 0 spiro atoms. The van der Waals surface area contributed by atoms with Gasteiger partial charge in [0.1, 0.15) is 47.3 Å². The maximum Gasteiger partial charge on any atom is 0.410 e. The van der Waals surface area contributed by atoms with Crippen LogP contribution in [0, 0.1) is 6.92 Å². The summed E-state index contributed by atoms with van der Waals surface area (Å²) in [4.78, 5) is 15.3. The number of likely N-dealkylation sites (N-methyl/N-ethyl adjacent to an activating group) is 1. The maximum absolute atomic E-state index is 13.6. The highest BCUT2D eigenvalue weighted by Crippen LogP contribution is 2.63. The lowest BCUT2D eigenvalue weighted by molar-refractivity contribution is -0.213. The summed E-state index contributed by atoms with van der Waals surface area (Å²) in [5.74, 6) is 2.07. The molecule has 3 aliphatic heterocycles. The zero-order valence-electron chi connectivity index (χ0n) is 31.3. The van der Waals surface area contributed by atoms with Crippen LogP contribution in [0.1, 0.15) is 68.0 Å². The molecule has 0 saturated carbocycles. The van der Waals surface area contributed by atoms with Crippen LogP contribution < -0.4 is 14.2 Å². The van der Waals surface area contributed by atoms with E-state index >= 15 is 0 Å². The number of carbonyl (C=O) groups is 1. The Kier molecular flexibility index (Phi) is 9.71. The monoisotopic (exact) mass is 707 g/mol. The number of nitrogens with zero attached hydrogens (tertiary/aromatic N) is 1. The van der Waals surface area contributed by atoms with E-state index in [4.69, 9.17) is 33.2 Å². The second kappa shape index (κ2) is 14.1. The minimum absolute atomic E-state index is 0.375. The van der Waals surface area contributed by atoms with Crippen LogP contribution in [0.3, 0.4) is 0 Å². The van der Waals surface area contributed by atoms with Crippen LogP contribution >= 0.6 is 0 Å². The molecular weight excluding hydrogens is 658 g/mol. The molecule has 3 heterocycles. The van der Waals surface area contributed by atoms with E-state index < -0.39 is 47.8 Å². The van der Waals surface area contributed by atoms with Crippen LogP contribution in [0.2, 0.25) is 0 Å². The van der Waals surface area contributed by atoms with Gasteiger partial charge in [-0.05, 0) is 69.5 Å². The first-order chi connectivity index (χ1) is 24.9. The predicted molar refractivity (Wildman–Crippen MR) is 199 cm³/mol. The molecule has 4 aromatic rings. The highest BCUT2D eigenvalue weighted by atomic mass is 16.6. The lowest BCUT2D eigenvalue weighted by Gasteiger charge is -2.48. The van der Waals surface area contributed by atoms with Crippen molar-refractivity contribution < 1.29 is 38.0 Å². The quantitative estimate of drug-likeness (QED) is 0.152. The highest BCUT2D eigenvalue weighted by molar-refractivity contribution is 6.02. The van der Waals surface area contributed by atoms with Gasteiger partial charge in [-0.15, -0.1) is 0 Å². The van der Waals surface area contributed by atoms with E-state index in [2.05, 4.69) is 18.2 Å². The third kappa shape index (κ3) is 6.50. The largest absolute Gasteiger partial charge is 0.496 e. The van der Waals surface area contributed by atoms with Crippen molar-refractivity contribution in [3.05, 3.63) is 113 Å². The second-order valence-electron chi connectivity index (χ2n) is 15.0. The molecule has 1 amide bonds. The Hall–Kier alpha value is -4.57. The summed E-state index contributed by atoms with van der Waals surface area (Å²) in [6.45, 7) is 10.4. The lowest BCUT2D eigenvalue weighted by Crippen LogP contribution is -2.60. The fraction of sp³-hybridized carbons (Fsp3) is 0.419. The Morgan fingerprint density at radius 3 is 2.23 bits per heavy atom. The van der Waals surface area contributed by atoms with Gasteiger partial charge in [0.15, 0.2) is 0 Å². The van der Waals surface area contributed by atoms with E-state index in [1.807, 2.05) is 101 Å². The van der Waals surface area contributed by atoms with E-state index in [1.54, 1.807) is 26.2 Å². The third-order valence-electron chi connectivity index (χ3n) is 10.2. The molecular formula is C43H49NO8. The van der Waals surface area contributed by atoms with Crippen LogP contribution in [-0.4, -0.2) is 62.2 Å². The summed E-state index contributed by atoms with van der Waals surface area (Å²) in [6, 6.07) is 23.9. The first-order valence-corrected chi connectivity index (χ1v) is 18.0. The Bertz CT molecular complexity index is 1960. The van der Waals surface area contributed by atoms with Gasteiger partial charge >= 0.3 is 6.09 Å². The smallest absolute Gasteiger partial charge is 0.410 e. The van der Waals surface area contributed by atoms with Gasteiger partial charge < -0.3 is 38.1 Å². The number of methoxy groups -OCH3 is 2. The van der Waals surface area contributed by atoms with Crippen molar-refractivity contribution >= 4 is 16.9 Å². The number of fused-ring (bicyclic) bond motifs is 6. The SMILES string of the molecule is COc1c2c(c(OC)c3c(OCc4ccccc4)cc(C)cc13)[C@H]1C=C[C@]2([C@H]2C[C@@H](N(C)C(=O)OC(C)(C)C)[C@H](OCc3ccccc3)[C@@H](C)O2)O1. The van der Waals surface area contributed by atoms with Gasteiger partial charge in [-0.3, -0.25) is 0 Å². The minimum atomic E-state index is -1.02. The van der Waals surface area contributed by atoms with Gasteiger partial charge in [0.2, 0.25) is 0 Å². The standard InChI is InChI=1S/C43H49NO8/c1-26-21-30-35(33(22-26)48-24-28-15-11-9-12-16-28)40(47-8)36-32-19-20-43(51-32,37(36)39(30)46-7)34-23-31(44(6)41(45)52-42(3,4)5)38(27(2)50-34)49-25-29-17-13-10-14-18-29/h9-22,27,31-32,34,38H,23-25H2,1-8H3/t27-,31-,32-,34-,38-,43-/m1/s1. The predicted octanol–water partition coefficient (Wildman–Crippen LogP) is 8.58. The molecule has 0 aromatic heterocycles. The zero-order chi connectivity index (χ0) is 36.8. The Labute approximate surface area is 306 Å². The zero-order valence-corrected chi connectivity index (χ0v) is 31.3. The lowest BCUT2D eigenvalue weighted by atomic mass is 9.76. The van der Waals surface area contributed by atoms with Crippen molar-refractivity contribution in [2.45, 2.75) is 95.9 Å². The number of benzene rings is 4. The van der Waals surface area contributed by atoms with Crippen molar-refractivity contribution in [2.75, 3.05) is 21.3 Å². The average molecular weight is 708 g/mol. The number of carbonyl (C=O) groups excluding carboxylic acids is 1. The molecule has 1 saturated heterocycles. The molecule has 9 heteroatoms. The number of amides is 1. The fourth-order valence-corrected chi connectivity index (χ4v) is 7.96. The number of ether oxygens (including phenoxy) is 7. The van der Waals surface area contributed by atoms with Crippen LogP contribution in [0.5, 0.6) is 17.2 Å². The summed E-state index contributed by atoms with van der Waals surface area (Å²) < 4.78 is 45.5. The topological polar surface area (TPSA) is 84.9 Å². The maximum atomic E-state index is 13.6. The Balaban J connectivity index is 1.30. The van der Waals surface area contributed by atoms with Crippen LogP contribution in [0.25, 0.3) is 10.8 Å². The summed E-state index contributed by atoms with van der Waals surface area (Å²) in [5.41, 5.74) is 3.19. The average Bonchev–Trinajstić information content (AvgIpc) is 3.71. The summed E-state index contributed by atoms with van der Waals surface area (Å²) >= 11 is 0. The Morgan fingerprint density at radius 2 is 1.60 bits per heavy atom. The van der Waals surface area contributed by atoms with Crippen molar-refractivity contribution in [3.63, 3.8) is 0 Å². The van der Waals surface area contributed by atoms with Gasteiger partial charge in [-0.25, -0.2) is 4.79 Å². The molecule has 3 aliphatic rings. The van der Waals surface area contributed by atoms with Crippen molar-refractivity contribution in [1.29, 1.82) is 0 Å². The van der Waals surface area contributed by atoms with Gasteiger partial charge in [-0.2, -0.15) is 0 Å². The molecule has 7 rings (SSSR count). The second-order valence-corrected chi connectivity index (χ2v) is 15.0. The molecule has 0 aliphatic carbocycles. The number of aryl methyl sites for hydroxylation is 1.